The molecule has 4 rings (SSSR count). The van der Waals surface area contributed by atoms with E-state index in [9.17, 15) is 9.59 Å². The van der Waals surface area contributed by atoms with E-state index in [1.54, 1.807) is 29.3 Å². The second kappa shape index (κ2) is 6.79. The zero-order valence-electron chi connectivity index (χ0n) is 14.8. The number of hydrogen-bond acceptors (Lipinski definition) is 4. The predicted octanol–water partition coefficient (Wildman–Crippen LogP) is 4.54. The summed E-state index contributed by atoms with van der Waals surface area (Å²) in [7, 11) is 0. The predicted molar refractivity (Wildman–Crippen MR) is 110 cm³/mol. The Morgan fingerprint density at radius 2 is 2.07 bits per heavy atom. The molecule has 27 heavy (non-hydrogen) atoms. The van der Waals surface area contributed by atoms with Crippen molar-refractivity contribution in [1.82, 2.24) is 9.38 Å². The summed E-state index contributed by atoms with van der Waals surface area (Å²) in [5.74, 6) is -0.173. The van der Waals surface area contributed by atoms with Crippen molar-refractivity contribution < 1.29 is 4.79 Å². The highest BCUT2D eigenvalue weighted by Gasteiger charge is 2.21. The number of pyridine rings is 1. The molecule has 4 aromatic rings. The van der Waals surface area contributed by atoms with Crippen molar-refractivity contribution in [2.24, 2.45) is 0 Å². The Bertz CT molecular complexity index is 1250. The average molecular weight is 398 g/mol. The lowest BCUT2D eigenvalue weighted by Gasteiger charge is -2.20. The summed E-state index contributed by atoms with van der Waals surface area (Å²) < 4.78 is 1.52. The van der Waals surface area contributed by atoms with Gasteiger partial charge >= 0.3 is 0 Å². The van der Waals surface area contributed by atoms with Crippen molar-refractivity contribution in [3.05, 3.63) is 74.5 Å². The van der Waals surface area contributed by atoms with Crippen LogP contribution in [0.1, 0.15) is 22.2 Å². The number of aromatic nitrogens is 2. The molecule has 136 valence electrons. The van der Waals surface area contributed by atoms with Gasteiger partial charge in [-0.2, -0.15) is 0 Å². The zero-order chi connectivity index (χ0) is 19.1. The van der Waals surface area contributed by atoms with Crippen molar-refractivity contribution in [3.8, 4) is 0 Å². The smallest absolute Gasteiger partial charge is 0.268 e. The summed E-state index contributed by atoms with van der Waals surface area (Å²) in [6.07, 6.45) is 1.70. The van der Waals surface area contributed by atoms with Gasteiger partial charge in [0.05, 0.1) is 10.3 Å². The standard InChI is InChI=1S/C20H16ClN3O2S/c1-3-23(14-8-4-7-13(21)10-14)20(26)16-11-15-18(27-16)22-17-12(2)6-5-9-24(17)19(15)25/h4-11H,3H2,1-2H3. The first-order valence-electron chi connectivity index (χ1n) is 8.48. The molecule has 3 aromatic heterocycles. The van der Waals surface area contributed by atoms with Gasteiger partial charge in [0.1, 0.15) is 10.5 Å². The molecule has 0 fully saturated rings. The van der Waals surface area contributed by atoms with Gasteiger partial charge in [0.2, 0.25) is 0 Å². The van der Waals surface area contributed by atoms with Crippen LogP contribution in [0.4, 0.5) is 5.69 Å². The van der Waals surface area contributed by atoms with Gasteiger partial charge in [-0.05, 0) is 49.7 Å². The number of carbonyl (C=O) groups excluding carboxylic acids is 1. The minimum absolute atomic E-state index is 0.167. The van der Waals surface area contributed by atoms with Crippen LogP contribution >= 0.6 is 22.9 Å². The van der Waals surface area contributed by atoms with Crippen LogP contribution in [0.3, 0.4) is 0 Å². The first kappa shape index (κ1) is 17.7. The molecular formula is C20H16ClN3O2S. The summed E-state index contributed by atoms with van der Waals surface area (Å²) >= 11 is 7.30. The topological polar surface area (TPSA) is 54.7 Å². The number of amides is 1. The molecule has 0 atom stereocenters. The normalized spacial score (nSPS) is 11.2. The largest absolute Gasteiger partial charge is 0.308 e. The first-order valence-corrected chi connectivity index (χ1v) is 9.68. The lowest BCUT2D eigenvalue weighted by Crippen LogP contribution is -2.29. The van der Waals surface area contributed by atoms with Crippen molar-refractivity contribution in [2.45, 2.75) is 13.8 Å². The minimum atomic E-state index is -0.173. The molecule has 0 aliphatic heterocycles. The van der Waals surface area contributed by atoms with E-state index in [1.165, 1.54) is 15.7 Å². The molecule has 3 heterocycles. The molecule has 0 saturated carbocycles. The van der Waals surface area contributed by atoms with Crippen LogP contribution < -0.4 is 10.5 Å². The summed E-state index contributed by atoms with van der Waals surface area (Å²) in [5, 5.41) is 1.02. The Hall–Kier alpha value is -2.70. The highest BCUT2D eigenvalue weighted by atomic mass is 35.5. The molecule has 0 N–H and O–H groups in total. The first-order chi connectivity index (χ1) is 13.0. The third kappa shape index (κ3) is 3.01. The number of nitrogens with zero attached hydrogens (tertiary/aromatic N) is 3. The number of hydrogen-bond donors (Lipinski definition) is 0. The second-order valence-corrected chi connectivity index (χ2v) is 7.63. The lowest BCUT2D eigenvalue weighted by molar-refractivity contribution is 0.0992. The molecular weight excluding hydrogens is 382 g/mol. The molecule has 0 saturated heterocycles. The molecule has 0 aliphatic rings. The van der Waals surface area contributed by atoms with Crippen LogP contribution in [0, 0.1) is 6.92 Å². The summed E-state index contributed by atoms with van der Waals surface area (Å²) in [5.41, 5.74) is 2.07. The number of rotatable bonds is 3. The highest BCUT2D eigenvalue weighted by Crippen LogP contribution is 2.27. The van der Waals surface area contributed by atoms with Crippen LogP contribution in [-0.4, -0.2) is 21.8 Å². The number of halogens is 1. The van der Waals surface area contributed by atoms with Gasteiger partial charge in [0, 0.05) is 23.5 Å². The van der Waals surface area contributed by atoms with Crippen LogP contribution in [0.2, 0.25) is 5.02 Å². The van der Waals surface area contributed by atoms with Crippen molar-refractivity contribution in [3.63, 3.8) is 0 Å². The molecule has 5 nitrogen and oxygen atoms in total. The monoisotopic (exact) mass is 397 g/mol. The van der Waals surface area contributed by atoms with E-state index in [4.69, 9.17) is 11.6 Å². The summed E-state index contributed by atoms with van der Waals surface area (Å²) in [6, 6.07) is 12.5. The molecule has 1 amide bonds. The van der Waals surface area contributed by atoms with Crippen molar-refractivity contribution in [2.75, 3.05) is 11.4 Å². The molecule has 0 aliphatic carbocycles. The lowest BCUT2D eigenvalue weighted by atomic mass is 10.2. The van der Waals surface area contributed by atoms with Gasteiger partial charge in [0.15, 0.2) is 0 Å². The van der Waals surface area contributed by atoms with Gasteiger partial charge in [-0.15, -0.1) is 11.3 Å². The Morgan fingerprint density at radius 3 is 2.81 bits per heavy atom. The number of anilines is 1. The van der Waals surface area contributed by atoms with E-state index in [0.717, 1.165) is 11.3 Å². The molecule has 0 bridgehead atoms. The fraction of sp³-hybridized carbons (Fsp3) is 0.150. The number of fused-ring (bicyclic) bond motifs is 2. The van der Waals surface area contributed by atoms with Gasteiger partial charge in [-0.25, -0.2) is 4.98 Å². The fourth-order valence-corrected chi connectivity index (χ4v) is 4.24. The molecule has 0 unspecified atom stereocenters. The van der Waals surface area contributed by atoms with E-state index in [0.29, 0.717) is 32.3 Å². The Morgan fingerprint density at radius 1 is 1.26 bits per heavy atom. The van der Waals surface area contributed by atoms with E-state index in [2.05, 4.69) is 4.98 Å². The van der Waals surface area contributed by atoms with Crippen molar-refractivity contribution >= 4 is 50.4 Å². The number of aryl methyl sites for hydroxylation is 1. The van der Waals surface area contributed by atoms with E-state index < -0.39 is 0 Å². The van der Waals surface area contributed by atoms with Gasteiger partial charge in [0.25, 0.3) is 11.5 Å². The van der Waals surface area contributed by atoms with Gasteiger partial charge in [-0.3, -0.25) is 14.0 Å². The summed E-state index contributed by atoms with van der Waals surface area (Å²) in [4.78, 5) is 33.2. The maximum absolute atomic E-state index is 13.1. The van der Waals surface area contributed by atoms with Gasteiger partial charge in [-0.1, -0.05) is 23.7 Å². The fourth-order valence-electron chi connectivity index (χ4n) is 3.08. The van der Waals surface area contributed by atoms with Crippen LogP contribution in [0.5, 0.6) is 0 Å². The molecule has 0 spiro atoms. The third-order valence-corrected chi connectivity index (χ3v) is 5.68. The number of carbonyl (C=O) groups is 1. The highest BCUT2D eigenvalue weighted by molar-refractivity contribution is 7.20. The number of thiophene rings is 1. The maximum Gasteiger partial charge on any atom is 0.268 e. The molecule has 7 heteroatoms. The average Bonchev–Trinajstić information content (AvgIpc) is 3.08. The van der Waals surface area contributed by atoms with E-state index >= 15 is 0 Å². The van der Waals surface area contributed by atoms with Crippen LogP contribution in [0.15, 0.2) is 53.5 Å². The van der Waals surface area contributed by atoms with E-state index in [1.807, 2.05) is 38.1 Å². The van der Waals surface area contributed by atoms with Crippen molar-refractivity contribution in [1.29, 1.82) is 0 Å². The van der Waals surface area contributed by atoms with Crippen LogP contribution in [-0.2, 0) is 0 Å². The van der Waals surface area contributed by atoms with E-state index in [-0.39, 0.29) is 11.5 Å². The Labute approximate surface area is 164 Å². The Balaban J connectivity index is 1.85. The quantitative estimate of drug-likeness (QED) is 0.510. The third-order valence-electron chi connectivity index (χ3n) is 4.42. The minimum Gasteiger partial charge on any atom is -0.308 e. The maximum atomic E-state index is 13.1. The SMILES string of the molecule is CCN(C(=O)c1cc2c(=O)n3cccc(C)c3nc2s1)c1cccc(Cl)c1. The molecule has 0 radical (unpaired) electrons. The Kier molecular flexibility index (Phi) is 4.45. The van der Waals surface area contributed by atoms with Gasteiger partial charge < -0.3 is 4.90 Å². The summed E-state index contributed by atoms with van der Waals surface area (Å²) in [6.45, 7) is 4.29. The molecule has 1 aromatic carbocycles. The van der Waals surface area contributed by atoms with Crippen LogP contribution in [0.25, 0.3) is 15.9 Å². The second-order valence-electron chi connectivity index (χ2n) is 6.16. The zero-order valence-corrected chi connectivity index (χ0v) is 16.3. The number of benzene rings is 1.